The van der Waals surface area contributed by atoms with Crippen LogP contribution in [0.4, 0.5) is 4.39 Å². The number of benzene rings is 1. The van der Waals surface area contributed by atoms with Gasteiger partial charge in [0.05, 0.1) is 11.3 Å². The number of rotatable bonds is 4. The molecule has 3 N–H and O–H groups in total. The molecule has 4 rings (SSSR count). The molecule has 2 heterocycles. The first kappa shape index (κ1) is 20.3. The first-order valence-electron chi connectivity index (χ1n) is 10.4. The maximum Gasteiger partial charge on any atom is 0.267 e. The number of likely N-dealkylation sites (tertiary alicyclic amines) is 1. The Balaban J connectivity index is 1.55. The van der Waals surface area contributed by atoms with E-state index in [1.807, 2.05) is 0 Å². The quantitative estimate of drug-likeness (QED) is 0.797. The predicted octanol–water partition coefficient (Wildman–Crippen LogP) is 1.72. The number of fused-ring (bicyclic) bond motifs is 1. The lowest BCUT2D eigenvalue weighted by atomic mass is 9.90. The normalized spacial score (nSPS) is 16.9. The average Bonchev–Trinajstić information content (AvgIpc) is 2.76. The molecule has 2 amide bonds. The highest BCUT2D eigenvalue weighted by atomic mass is 19.1. The summed E-state index contributed by atoms with van der Waals surface area (Å²) in [7, 11) is 0. The minimum atomic E-state index is -0.572. The van der Waals surface area contributed by atoms with Crippen LogP contribution >= 0.6 is 0 Å². The third-order valence-corrected chi connectivity index (χ3v) is 6.20. The van der Waals surface area contributed by atoms with Crippen LogP contribution in [0.25, 0.3) is 0 Å². The monoisotopic (exact) mass is 412 g/mol. The Kier molecular flexibility index (Phi) is 5.65. The molecule has 1 aliphatic heterocycles. The van der Waals surface area contributed by atoms with E-state index in [2.05, 4.69) is 10.2 Å². The number of nitrogens with two attached hydrogens (primary N) is 1. The van der Waals surface area contributed by atoms with Crippen LogP contribution in [-0.4, -0.2) is 40.0 Å². The van der Waals surface area contributed by atoms with Crippen LogP contribution in [0, 0.1) is 11.7 Å². The van der Waals surface area contributed by atoms with E-state index in [9.17, 15) is 18.8 Å². The van der Waals surface area contributed by atoms with Crippen LogP contribution in [0.1, 0.15) is 58.4 Å². The number of H-pyrrole nitrogens is 1. The Labute approximate surface area is 173 Å². The molecule has 2 aliphatic rings. The SMILES string of the molecule is NC(=O)C1CCN(C(=O)c2cc(Cc3n[nH]c(=O)c4c3CCCC4)ccc2F)CC1. The summed E-state index contributed by atoms with van der Waals surface area (Å²) in [6.07, 6.45) is 4.97. The number of aromatic nitrogens is 2. The van der Waals surface area contributed by atoms with Gasteiger partial charge in [0.15, 0.2) is 0 Å². The van der Waals surface area contributed by atoms with Gasteiger partial charge in [-0.3, -0.25) is 14.4 Å². The molecule has 0 radical (unpaired) electrons. The number of aromatic amines is 1. The largest absolute Gasteiger partial charge is 0.369 e. The Hall–Kier alpha value is -3.03. The van der Waals surface area contributed by atoms with E-state index in [0.717, 1.165) is 48.1 Å². The lowest BCUT2D eigenvalue weighted by molar-refractivity contribution is -0.123. The highest BCUT2D eigenvalue weighted by Gasteiger charge is 2.28. The molecule has 0 unspecified atom stereocenters. The van der Waals surface area contributed by atoms with Crippen molar-refractivity contribution in [1.82, 2.24) is 15.1 Å². The van der Waals surface area contributed by atoms with E-state index in [0.29, 0.717) is 32.4 Å². The molecule has 1 aromatic carbocycles. The van der Waals surface area contributed by atoms with Crippen molar-refractivity contribution in [2.75, 3.05) is 13.1 Å². The number of hydrogen-bond acceptors (Lipinski definition) is 4. The van der Waals surface area contributed by atoms with Crippen LogP contribution < -0.4 is 11.3 Å². The van der Waals surface area contributed by atoms with Crippen LogP contribution in [0.3, 0.4) is 0 Å². The zero-order valence-corrected chi connectivity index (χ0v) is 16.7. The van der Waals surface area contributed by atoms with Gasteiger partial charge < -0.3 is 10.6 Å². The van der Waals surface area contributed by atoms with Crippen LogP contribution in [0.15, 0.2) is 23.0 Å². The van der Waals surface area contributed by atoms with Gasteiger partial charge in [0.1, 0.15) is 5.82 Å². The van der Waals surface area contributed by atoms with Crippen LogP contribution in [0.5, 0.6) is 0 Å². The van der Waals surface area contributed by atoms with Crippen molar-refractivity contribution in [2.45, 2.75) is 44.9 Å². The van der Waals surface area contributed by atoms with Gasteiger partial charge in [-0.05, 0) is 61.8 Å². The van der Waals surface area contributed by atoms with Gasteiger partial charge in [-0.15, -0.1) is 0 Å². The van der Waals surface area contributed by atoms with Gasteiger partial charge in [-0.25, -0.2) is 9.49 Å². The molecular weight excluding hydrogens is 387 g/mol. The molecule has 7 nitrogen and oxygen atoms in total. The Bertz CT molecular complexity index is 1040. The first-order valence-corrected chi connectivity index (χ1v) is 10.4. The molecule has 1 fully saturated rings. The van der Waals surface area contributed by atoms with E-state index in [-0.39, 0.29) is 28.9 Å². The maximum atomic E-state index is 14.5. The van der Waals surface area contributed by atoms with Gasteiger partial charge in [0, 0.05) is 31.0 Å². The molecule has 0 spiro atoms. The summed E-state index contributed by atoms with van der Waals surface area (Å²) in [4.78, 5) is 37.8. The fraction of sp³-hybridized carbons (Fsp3) is 0.455. The van der Waals surface area contributed by atoms with Crippen molar-refractivity contribution in [1.29, 1.82) is 0 Å². The number of hydrogen-bond donors (Lipinski definition) is 2. The second-order valence-corrected chi connectivity index (χ2v) is 8.12. The number of halogens is 1. The van der Waals surface area contributed by atoms with Crippen molar-refractivity contribution in [3.8, 4) is 0 Å². The number of nitrogens with one attached hydrogen (secondary N) is 1. The molecule has 0 bridgehead atoms. The minimum Gasteiger partial charge on any atom is -0.369 e. The summed E-state index contributed by atoms with van der Waals surface area (Å²) in [6.45, 7) is 0.760. The lowest BCUT2D eigenvalue weighted by Crippen LogP contribution is -2.42. The number of primary amides is 1. The number of piperidine rings is 1. The Morgan fingerprint density at radius 3 is 2.57 bits per heavy atom. The topological polar surface area (TPSA) is 109 Å². The maximum absolute atomic E-state index is 14.5. The minimum absolute atomic E-state index is 0.0170. The van der Waals surface area contributed by atoms with E-state index in [1.54, 1.807) is 17.0 Å². The van der Waals surface area contributed by atoms with Crippen molar-refractivity contribution in [3.63, 3.8) is 0 Å². The summed E-state index contributed by atoms with van der Waals surface area (Å²) in [5, 5.41) is 6.80. The van der Waals surface area contributed by atoms with Gasteiger partial charge in [-0.1, -0.05) is 6.07 Å². The molecule has 30 heavy (non-hydrogen) atoms. The highest BCUT2D eigenvalue weighted by molar-refractivity contribution is 5.95. The highest BCUT2D eigenvalue weighted by Crippen LogP contribution is 2.24. The van der Waals surface area contributed by atoms with Gasteiger partial charge in [0.2, 0.25) is 5.91 Å². The number of carbonyl (C=O) groups excluding carboxylic acids is 2. The van der Waals surface area contributed by atoms with E-state index >= 15 is 0 Å². The van der Waals surface area contributed by atoms with Crippen molar-refractivity contribution in [3.05, 3.63) is 62.3 Å². The summed E-state index contributed by atoms with van der Waals surface area (Å²) in [5.74, 6) is -1.54. The smallest absolute Gasteiger partial charge is 0.267 e. The summed E-state index contributed by atoms with van der Waals surface area (Å²) in [6, 6.07) is 4.52. The molecule has 0 saturated carbocycles. The Morgan fingerprint density at radius 2 is 1.87 bits per heavy atom. The van der Waals surface area contributed by atoms with Gasteiger partial charge in [0.25, 0.3) is 11.5 Å². The third-order valence-electron chi connectivity index (χ3n) is 6.20. The van der Waals surface area contributed by atoms with Gasteiger partial charge >= 0.3 is 0 Å². The molecule has 1 aliphatic carbocycles. The summed E-state index contributed by atoms with van der Waals surface area (Å²) in [5.41, 5.74) is 8.54. The summed E-state index contributed by atoms with van der Waals surface area (Å²) < 4.78 is 14.5. The molecule has 0 atom stereocenters. The standard InChI is InChI=1S/C22H25FN4O3/c23-18-6-5-13(12-19-15-3-1-2-4-16(15)21(29)26-25-19)11-17(18)22(30)27-9-7-14(8-10-27)20(24)28/h5-6,11,14H,1-4,7-10,12H2,(H2,24,28)(H,26,29). The lowest BCUT2D eigenvalue weighted by Gasteiger charge is -2.30. The van der Waals surface area contributed by atoms with E-state index in [1.165, 1.54) is 6.07 Å². The average molecular weight is 412 g/mol. The van der Waals surface area contributed by atoms with Crippen LogP contribution in [-0.2, 0) is 24.1 Å². The van der Waals surface area contributed by atoms with Crippen molar-refractivity contribution in [2.24, 2.45) is 11.7 Å². The number of amides is 2. The first-order chi connectivity index (χ1) is 14.4. The third kappa shape index (κ3) is 3.99. The second kappa shape index (κ2) is 8.38. The fourth-order valence-corrected chi connectivity index (χ4v) is 4.45. The van der Waals surface area contributed by atoms with Crippen LogP contribution in [0.2, 0.25) is 0 Å². The van der Waals surface area contributed by atoms with Crippen molar-refractivity contribution >= 4 is 11.8 Å². The molecule has 1 aromatic heterocycles. The zero-order valence-electron chi connectivity index (χ0n) is 16.7. The predicted molar refractivity (Wildman–Crippen MR) is 109 cm³/mol. The Morgan fingerprint density at radius 1 is 1.17 bits per heavy atom. The number of nitrogens with zero attached hydrogens (tertiary/aromatic N) is 2. The molecule has 8 heteroatoms. The summed E-state index contributed by atoms with van der Waals surface area (Å²) >= 11 is 0. The molecular formula is C22H25FN4O3. The van der Waals surface area contributed by atoms with Gasteiger partial charge in [-0.2, -0.15) is 5.10 Å². The van der Waals surface area contributed by atoms with Crippen molar-refractivity contribution < 1.29 is 14.0 Å². The molecule has 1 saturated heterocycles. The second-order valence-electron chi connectivity index (χ2n) is 8.12. The van der Waals surface area contributed by atoms with E-state index in [4.69, 9.17) is 5.73 Å². The number of carbonyl (C=O) groups is 2. The van der Waals surface area contributed by atoms with E-state index < -0.39 is 5.82 Å². The molecule has 158 valence electrons. The zero-order chi connectivity index (χ0) is 21.3. The molecule has 2 aromatic rings. The fourth-order valence-electron chi connectivity index (χ4n) is 4.45.